The molecule has 13 nitrogen and oxygen atoms in total. The van der Waals surface area contributed by atoms with E-state index in [1.165, 1.54) is 0 Å². The lowest BCUT2D eigenvalue weighted by Gasteiger charge is -2.42. The number of aromatic nitrogens is 4. The van der Waals surface area contributed by atoms with Crippen LogP contribution in [-0.4, -0.2) is 58.9 Å². The summed E-state index contributed by atoms with van der Waals surface area (Å²) in [4.78, 5) is 50.1. The van der Waals surface area contributed by atoms with E-state index in [1.54, 1.807) is 30.1 Å². The Balaban J connectivity index is 1.75. The molecule has 0 radical (unpaired) electrons. The van der Waals surface area contributed by atoms with Crippen molar-refractivity contribution in [3.63, 3.8) is 0 Å². The second kappa shape index (κ2) is 7.57. The van der Waals surface area contributed by atoms with E-state index in [2.05, 4.69) is 20.3 Å². The van der Waals surface area contributed by atoms with E-state index in [-0.39, 0.29) is 18.4 Å². The topological polar surface area (TPSA) is 189 Å². The quantitative estimate of drug-likeness (QED) is 0.138. The molecule has 0 aliphatic heterocycles. The van der Waals surface area contributed by atoms with Gasteiger partial charge in [0.1, 0.15) is 0 Å². The SMILES string of the molecule is CNc1nc(I)nc2c1ncn2[C@H]1C[C@H](OP(=O)(O)O)[C@]2(COP(=O)(O)O)C=C[C@H]12. The van der Waals surface area contributed by atoms with E-state index in [0.29, 0.717) is 20.8 Å². The van der Waals surface area contributed by atoms with Crippen LogP contribution in [0.25, 0.3) is 11.2 Å². The van der Waals surface area contributed by atoms with Crippen LogP contribution in [-0.2, 0) is 18.2 Å². The Bertz CT molecular complexity index is 1120. The van der Waals surface area contributed by atoms with E-state index >= 15 is 0 Å². The number of nitrogens with zero attached hydrogens (tertiary/aromatic N) is 4. The van der Waals surface area contributed by atoms with Crippen LogP contribution < -0.4 is 5.32 Å². The van der Waals surface area contributed by atoms with Gasteiger partial charge in [0.25, 0.3) is 0 Å². The Hall–Kier alpha value is -0.960. The van der Waals surface area contributed by atoms with Gasteiger partial charge in [-0.2, -0.15) is 0 Å². The van der Waals surface area contributed by atoms with Crippen molar-refractivity contribution >= 4 is 55.2 Å². The molecule has 0 bridgehead atoms. The van der Waals surface area contributed by atoms with Gasteiger partial charge in [0, 0.05) is 47.0 Å². The molecule has 4 rings (SSSR count). The minimum atomic E-state index is -4.87. The van der Waals surface area contributed by atoms with Gasteiger partial charge in [0.15, 0.2) is 20.8 Å². The number of phosphoric acid groups is 2. The third kappa shape index (κ3) is 3.96. The smallest absolute Gasteiger partial charge is 0.371 e. The van der Waals surface area contributed by atoms with Gasteiger partial charge < -0.3 is 29.5 Å². The lowest BCUT2D eigenvalue weighted by Crippen LogP contribution is -2.44. The fourth-order valence-corrected chi connectivity index (χ4v) is 5.66. The fourth-order valence-electron chi connectivity index (χ4n) is 4.18. The zero-order valence-electron chi connectivity index (χ0n) is 15.4. The van der Waals surface area contributed by atoms with Crippen LogP contribution in [0.2, 0.25) is 0 Å². The number of anilines is 1. The van der Waals surface area contributed by atoms with Gasteiger partial charge in [-0.1, -0.05) is 12.2 Å². The maximum atomic E-state index is 11.5. The molecule has 5 N–H and O–H groups in total. The molecule has 2 aliphatic rings. The van der Waals surface area contributed by atoms with Crippen LogP contribution in [0.15, 0.2) is 18.5 Å². The zero-order valence-corrected chi connectivity index (χ0v) is 19.3. The summed E-state index contributed by atoms with van der Waals surface area (Å²) in [6.07, 6.45) is 4.08. The third-order valence-electron chi connectivity index (χ3n) is 5.44. The minimum absolute atomic E-state index is 0.147. The normalized spacial score (nSPS) is 28.5. The summed E-state index contributed by atoms with van der Waals surface area (Å²) in [6, 6.07) is -0.382. The summed E-state index contributed by atoms with van der Waals surface area (Å²) in [5.41, 5.74) is -0.0708. The van der Waals surface area contributed by atoms with E-state index < -0.39 is 33.8 Å². The largest absolute Gasteiger partial charge is 0.469 e. The summed E-state index contributed by atoms with van der Waals surface area (Å²) >= 11 is 1.97. The number of phosphoric ester groups is 2. The van der Waals surface area contributed by atoms with Crippen molar-refractivity contribution in [3.05, 3.63) is 22.3 Å². The predicted molar refractivity (Wildman–Crippen MR) is 111 cm³/mol. The maximum absolute atomic E-state index is 11.5. The first-order valence-corrected chi connectivity index (χ1v) is 12.8. The van der Waals surface area contributed by atoms with Crippen molar-refractivity contribution in [3.8, 4) is 0 Å². The Morgan fingerprint density at radius 3 is 2.60 bits per heavy atom. The highest BCUT2D eigenvalue weighted by molar-refractivity contribution is 14.1. The molecule has 0 aromatic carbocycles. The molecule has 2 aliphatic carbocycles. The first-order chi connectivity index (χ1) is 13.9. The van der Waals surface area contributed by atoms with Crippen LogP contribution in [0.3, 0.4) is 0 Å². The van der Waals surface area contributed by atoms with Crippen LogP contribution in [0.1, 0.15) is 12.5 Å². The molecular formula is C14H18IN5O8P2. The van der Waals surface area contributed by atoms with Crippen molar-refractivity contribution in [1.29, 1.82) is 0 Å². The van der Waals surface area contributed by atoms with Crippen LogP contribution >= 0.6 is 38.2 Å². The second-order valence-corrected chi connectivity index (χ2v) is 10.5. The Morgan fingerprint density at radius 2 is 2.03 bits per heavy atom. The summed E-state index contributed by atoms with van der Waals surface area (Å²) in [7, 11) is -7.96. The average Bonchev–Trinajstić information content (AvgIpc) is 3.08. The number of imidazole rings is 1. The molecule has 4 atom stereocenters. The molecule has 0 spiro atoms. The highest BCUT2D eigenvalue weighted by atomic mass is 127. The van der Waals surface area contributed by atoms with E-state index in [1.807, 2.05) is 22.6 Å². The van der Waals surface area contributed by atoms with Crippen LogP contribution in [0.5, 0.6) is 0 Å². The molecule has 0 unspecified atom stereocenters. The molecule has 16 heteroatoms. The lowest BCUT2D eigenvalue weighted by atomic mass is 9.68. The molecule has 1 fully saturated rings. The number of halogens is 1. The Morgan fingerprint density at radius 1 is 1.30 bits per heavy atom. The zero-order chi connectivity index (χ0) is 21.9. The highest BCUT2D eigenvalue weighted by Crippen LogP contribution is 2.62. The van der Waals surface area contributed by atoms with E-state index in [4.69, 9.17) is 18.8 Å². The maximum Gasteiger partial charge on any atom is 0.469 e. The van der Waals surface area contributed by atoms with Crippen molar-refractivity contribution in [2.24, 2.45) is 11.3 Å². The number of hydrogen-bond acceptors (Lipinski definition) is 8. The Labute approximate surface area is 183 Å². The first-order valence-electron chi connectivity index (χ1n) is 8.65. The second-order valence-electron chi connectivity index (χ2n) is 7.06. The molecule has 2 aromatic rings. The van der Waals surface area contributed by atoms with Crippen molar-refractivity contribution in [2.75, 3.05) is 19.0 Å². The number of fused-ring (bicyclic) bond motifs is 2. The van der Waals surface area contributed by atoms with Gasteiger partial charge in [0.2, 0.25) is 0 Å². The third-order valence-corrected chi connectivity index (χ3v) is 6.92. The van der Waals surface area contributed by atoms with Crippen LogP contribution in [0, 0.1) is 15.2 Å². The fraction of sp³-hybridized carbons (Fsp3) is 0.500. The van der Waals surface area contributed by atoms with E-state index in [0.717, 1.165) is 0 Å². The molecule has 1 saturated carbocycles. The summed E-state index contributed by atoms with van der Waals surface area (Å²) in [5.74, 6) is 0.160. The minimum Gasteiger partial charge on any atom is -0.371 e. The molecule has 2 aromatic heterocycles. The van der Waals surface area contributed by atoms with Gasteiger partial charge in [-0.25, -0.2) is 24.1 Å². The number of rotatable bonds is 7. The highest BCUT2D eigenvalue weighted by Gasteiger charge is 2.60. The molecule has 0 amide bonds. The standard InChI is InChI=1S/C14H18IN5O8P2/c1-16-11-10-12(19-13(15)18-11)20(6-17-10)8-4-9(28-30(24,25)26)14(3-2-7(8)14)5-27-29(21,22)23/h2-3,6-9H,4-5H2,1H3,(H,16,18,19)(H2,21,22,23)(H2,24,25,26)/t7-,8+,9+,14+/m1/s1. The summed E-state index contributed by atoms with van der Waals surface area (Å²) < 4.78 is 34.8. The molecule has 164 valence electrons. The van der Waals surface area contributed by atoms with Gasteiger partial charge in [-0.15, -0.1) is 0 Å². The predicted octanol–water partition coefficient (Wildman–Crippen LogP) is 1.18. The summed E-state index contributed by atoms with van der Waals surface area (Å²) in [6.45, 7) is -0.458. The van der Waals surface area contributed by atoms with Crippen molar-refractivity contribution in [2.45, 2.75) is 18.6 Å². The van der Waals surface area contributed by atoms with Crippen molar-refractivity contribution in [1.82, 2.24) is 19.5 Å². The molecular weight excluding hydrogens is 555 g/mol. The monoisotopic (exact) mass is 573 g/mol. The van der Waals surface area contributed by atoms with Gasteiger partial charge in [-0.05, 0) is 6.42 Å². The first kappa shape index (κ1) is 22.2. The van der Waals surface area contributed by atoms with Crippen LogP contribution in [0.4, 0.5) is 5.82 Å². The van der Waals surface area contributed by atoms with Crippen molar-refractivity contribution < 1.29 is 37.8 Å². The molecule has 2 heterocycles. The van der Waals surface area contributed by atoms with E-state index in [9.17, 15) is 18.9 Å². The molecule has 30 heavy (non-hydrogen) atoms. The average molecular weight is 573 g/mol. The van der Waals surface area contributed by atoms with Gasteiger partial charge >= 0.3 is 15.6 Å². The van der Waals surface area contributed by atoms with Gasteiger partial charge in [-0.3, -0.25) is 9.05 Å². The number of nitrogens with one attached hydrogen (secondary N) is 1. The van der Waals surface area contributed by atoms with Gasteiger partial charge in [0.05, 0.1) is 19.0 Å². The Kier molecular flexibility index (Phi) is 5.61. The number of allylic oxidation sites excluding steroid dienone is 1. The summed E-state index contributed by atoms with van der Waals surface area (Å²) in [5, 5.41) is 2.95. The number of hydrogen-bond donors (Lipinski definition) is 5. The molecule has 0 saturated heterocycles. The lowest BCUT2D eigenvalue weighted by molar-refractivity contribution is 0.00974.